The molecule has 1 aromatic rings. The lowest BCUT2D eigenvalue weighted by molar-refractivity contribution is 0.454. The number of alkyl halides is 1. The van der Waals surface area contributed by atoms with E-state index in [-0.39, 0.29) is 0 Å². The van der Waals surface area contributed by atoms with E-state index in [9.17, 15) is 0 Å². The van der Waals surface area contributed by atoms with Gasteiger partial charge in [-0.05, 0) is 0 Å². The second kappa shape index (κ2) is 3.95. The van der Waals surface area contributed by atoms with E-state index in [4.69, 9.17) is 4.42 Å². The zero-order chi connectivity index (χ0) is 6.53. The molecule has 0 bridgehead atoms. The molecule has 0 aliphatic carbocycles. The van der Waals surface area contributed by atoms with Gasteiger partial charge in [-0.1, -0.05) is 27.7 Å². The molecule has 0 aromatic carbocycles. The van der Waals surface area contributed by atoms with E-state index in [1.54, 1.807) is 24.2 Å². The molecule has 0 amide bonds. The molecule has 1 heterocycles. The van der Waals surface area contributed by atoms with Gasteiger partial charge in [0.15, 0.2) is 0 Å². The second-order valence-electron chi connectivity index (χ2n) is 1.34. The lowest BCUT2D eigenvalue weighted by Crippen LogP contribution is -1.76. The van der Waals surface area contributed by atoms with Crippen LogP contribution in [0.4, 0.5) is 0 Å². The summed E-state index contributed by atoms with van der Waals surface area (Å²) in [5, 5.41) is 1.72. The van der Waals surface area contributed by atoms with Gasteiger partial charge in [-0.2, -0.15) is 0 Å². The first-order chi connectivity index (χ1) is 4.43. The van der Waals surface area contributed by atoms with E-state index in [1.165, 1.54) is 0 Å². The molecule has 2 nitrogen and oxygen atoms in total. The molecular formula is C5H6BrNOS. The van der Waals surface area contributed by atoms with Crippen LogP contribution >= 0.6 is 27.7 Å². The van der Waals surface area contributed by atoms with Crippen LogP contribution in [-0.4, -0.2) is 16.1 Å². The van der Waals surface area contributed by atoms with Crippen molar-refractivity contribution in [2.45, 2.75) is 5.22 Å². The summed E-state index contributed by atoms with van der Waals surface area (Å²) in [6.07, 6.45) is 3.23. The quantitative estimate of drug-likeness (QED) is 0.562. The van der Waals surface area contributed by atoms with Crippen molar-refractivity contribution in [3.05, 3.63) is 12.5 Å². The number of halogens is 1. The molecule has 0 fully saturated rings. The Balaban J connectivity index is 2.30. The van der Waals surface area contributed by atoms with Gasteiger partial charge in [-0.25, -0.2) is 4.98 Å². The Kier molecular flexibility index (Phi) is 3.14. The first kappa shape index (κ1) is 7.15. The number of rotatable bonds is 3. The van der Waals surface area contributed by atoms with Gasteiger partial charge in [0, 0.05) is 11.1 Å². The standard InChI is InChI=1S/C5H6BrNOS/c6-1-4-9-5-7-2-3-8-5/h2-3H,1,4H2. The molecule has 9 heavy (non-hydrogen) atoms. The average Bonchev–Trinajstić information content (AvgIpc) is 2.34. The van der Waals surface area contributed by atoms with Gasteiger partial charge in [0.25, 0.3) is 5.22 Å². The number of hydrogen-bond acceptors (Lipinski definition) is 3. The summed E-state index contributed by atoms with van der Waals surface area (Å²) < 4.78 is 4.97. The van der Waals surface area contributed by atoms with E-state index in [1.807, 2.05) is 0 Å². The lowest BCUT2D eigenvalue weighted by Gasteiger charge is -1.87. The SMILES string of the molecule is BrCCSc1ncco1. The number of thioether (sulfide) groups is 1. The minimum Gasteiger partial charge on any atom is -0.440 e. The predicted molar refractivity (Wildman–Crippen MR) is 41.0 cm³/mol. The van der Waals surface area contributed by atoms with Gasteiger partial charge < -0.3 is 4.42 Å². The molecule has 1 rings (SSSR count). The lowest BCUT2D eigenvalue weighted by atomic mass is 11.0. The highest BCUT2D eigenvalue weighted by Crippen LogP contribution is 2.14. The van der Waals surface area contributed by atoms with Crippen molar-refractivity contribution >= 4 is 27.7 Å². The Morgan fingerprint density at radius 2 is 2.67 bits per heavy atom. The Hall–Kier alpha value is 0.0400. The number of oxazole rings is 1. The van der Waals surface area contributed by atoms with E-state index in [2.05, 4.69) is 20.9 Å². The highest BCUT2D eigenvalue weighted by atomic mass is 79.9. The third kappa shape index (κ3) is 2.41. The maximum atomic E-state index is 4.97. The average molecular weight is 208 g/mol. The van der Waals surface area contributed by atoms with E-state index in [0.29, 0.717) is 0 Å². The largest absolute Gasteiger partial charge is 0.440 e. The van der Waals surface area contributed by atoms with Crippen LogP contribution in [0.5, 0.6) is 0 Å². The van der Waals surface area contributed by atoms with E-state index >= 15 is 0 Å². The van der Waals surface area contributed by atoms with Crippen LogP contribution in [0.3, 0.4) is 0 Å². The minimum atomic E-state index is 0.745. The van der Waals surface area contributed by atoms with Crippen molar-refractivity contribution in [2.75, 3.05) is 11.1 Å². The van der Waals surface area contributed by atoms with Gasteiger partial charge in [-0.3, -0.25) is 0 Å². The van der Waals surface area contributed by atoms with Crippen LogP contribution in [-0.2, 0) is 0 Å². The zero-order valence-electron chi connectivity index (χ0n) is 4.71. The van der Waals surface area contributed by atoms with E-state index in [0.717, 1.165) is 16.3 Å². The molecule has 0 saturated carbocycles. The maximum Gasteiger partial charge on any atom is 0.255 e. The summed E-state index contributed by atoms with van der Waals surface area (Å²) in [4.78, 5) is 3.93. The van der Waals surface area contributed by atoms with Gasteiger partial charge in [0.05, 0.1) is 6.20 Å². The molecule has 0 aliphatic heterocycles. The smallest absolute Gasteiger partial charge is 0.255 e. The second-order valence-corrected chi connectivity index (χ2v) is 3.17. The molecule has 0 aliphatic rings. The summed E-state index contributed by atoms with van der Waals surface area (Å²) in [7, 11) is 0. The van der Waals surface area contributed by atoms with Crippen molar-refractivity contribution in [3.8, 4) is 0 Å². The third-order valence-electron chi connectivity index (χ3n) is 0.712. The van der Waals surface area contributed by atoms with E-state index < -0.39 is 0 Å². The summed E-state index contributed by atoms with van der Waals surface area (Å²) in [6.45, 7) is 0. The third-order valence-corrected chi connectivity index (χ3v) is 2.49. The molecule has 4 heteroatoms. The van der Waals surface area contributed by atoms with Crippen LogP contribution in [0.15, 0.2) is 22.1 Å². The summed E-state index contributed by atoms with van der Waals surface area (Å²) in [6, 6.07) is 0. The molecule has 0 spiro atoms. The van der Waals surface area contributed by atoms with Crippen LogP contribution in [0.2, 0.25) is 0 Å². The molecule has 0 radical (unpaired) electrons. The van der Waals surface area contributed by atoms with Crippen molar-refractivity contribution < 1.29 is 4.42 Å². The summed E-state index contributed by atoms with van der Waals surface area (Å²) in [5.41, 5.74) is 0. The molecule has 0 unspecified atom stereocenters. The molecule has 50 valence electrons. The zero-order valence-corrected chi connectivity index (χ0v) is 7.11. The van der Waals surface area contributed by atoms with Gasteiger partial charge in [-0.15, -0.1) is 0 Å². The highest BCUT2D eigenvalue weighted by Gasteiger charge is 1.94. The monoisotopic (exact) mass is 207 g/mol. The first-order valence-electron chi connectivity index (χ1n) is 2.52. The summed E-state index contributed by atoms with van der Waals surface area (Å²) in [5.74, 6) is 1.00. The fourth-order valence-electron chi connectivity index (χ4n) is 0.408. The first-order valence-corrected chi connectivity index (χ1v) is 4.62. The topological polar surface area (TPSA) is 26.0 Å². The summed E-state index contributed by atoms with van der Waals surface area (Å²) >= 11 is 4.91. The van der Waals surface area contributed by atoms with Crippen molar-refractivity contribution in [3.63, 3.8) is 0 Å². The van der Waals surface area contributed by atoms with Crippen molar-refractivity contribution in [1.82, 2.24) is 4.98 Å². The van der Waals surface area contributed by atoms with Gasteiger partial charge in [0.2, 0.25) is 0 Å². The van der Waals surface area contributed by atoms with Gasteiger partial charge in [0.1, 0.15) is 6.26 Å². The van der Waals surface area contributed by atoms with Crippen LogP contribution < -0.4 is 0 Å². The fraction of sp³-hybridized carbons (Fsp3) is 0.400. The Morgan fingerprint density at radius 3 is 3.22 bits per heavy atom. The van der Waals surface area contributed by atoms with Crippen molar-refractivity contribution in [2.24, 2.45) is 0 Å². The minimum absolute atomic E-state index is 0.745. The number of hydrogen-bond donors (Lipinski definition) is 0. The highest BCUT2D eigenvalue weighted by molar-refractivity contribution is 9.09. The fourth-order valence-corrected chi connectivity index (χ4v) is 1.40. The molecule has 0 saturated heterocycles. The van der Waals surface area contributed by atoms with Crippen molar-refractivity contribution in [1.29, 1.82) is 0 Å². The normalized spacial score (nSPS) is 9.89. The number of aromatic nitrogens is 1. The molecular weight excluding hydrogens is 202 g/mol. The van der Waals surface area contributed by atoms with Crippen LogP contribution in [0.25, 0.3) is 0 Å². The Morgan fingerprint density at radius 1 is 1.78 bits per heavy atom. The molecule has 0 N–H and O–H groups in total. The Labute approximate surface area is 66.2 Å². The maximum absolute atomic E-state index is 4.97. The van der Waals surface area contributed by atoms with Gasteiger partial charge >= 0.3 is 0 Å². The Bertz CT molecular complexity index is 154. The predicted octanol–water partition coefficient (Wildman–Crippen LogP) is 2.16. The number of nitrogens with zero attached hydrogens (tertiary/aromatic N) is 1. The molecule has 1 aromatic heterocycles. The van der Waals surface area contributed by atoms with Crippen LogP contribution in [0, 0.1) is 0 Å². The molecule has 0 atom stereocenters. The van der Waals surface area contributed by atoms with Crippen LogP contribution in [0.1, 0.15) is 0 Å².